The third-order valence-electron chi connectivity index (χ3n) is 4.27. The van der Waals surface area contributed by atoms with Gasteiger partial charge >= 0.3 is 5.97 Å². The lowest BCUT2D eigenvalue weighted by Gasteiger charge is -2.20. The molecule has 0 aliphatic rings. The number of aliphatic carboxylic acids is 1. The average molecular weight is 406 g/mol. The van der Waals surface area contributed by atoms with Crippen molar-refractivity contribution in [3.05, 3.63) is 100 Å². The van der Waals surface area contributed by atoms with E-state index in [1.807, 2.05) is 30.3 Å². The Morgan fingerprint density at radius 1 is 0.967 bits per heavy atom. The molecule has 0 aliphatic heterocycles. The number of carboxylic acids is 1. The average Bonchev–Trinajstić information content (AvgIpc) is 3.21. The van der Waals surface area contributed by atoms with Crippen LogP contribution in [-0.2, 0) is 22.7 Å². The van der Waals surface area contributed by atoms with Crippen molar-refractivity contribution >= 4 is 17.6 Å². The first-order valence-electron chi connectivity index (χ1n) is 9.00. The molecule has 0 radical (unpaired) electrons. The molecule has 0 fully saturated rings. The topological polar surface area (TPSA) is 114 Å². The fourth-order valence-electron chi connectivity index (χ4n) is 2.82. The minimum Gasteiger partial charge on any atom is -0.478 e. The van der Waals surface area contributed by atoms with Gasteiger partial charge in [0.05, 0.1) is 11.5 Å². The van der Waals surface area contributed by atoms with Crippen molar-refractivity contribution in [2.75, 3.05) is 0 Å². The predicted octanol–water partition coefficient (Wildman–Crippen LogP) is 4.02. The lowest BCUT2D eigenvalue weighted by atomic mass is 10.1. The number of non-ortho nitro benzene ring substituents is 1. The zero-order chi connectivity index (χ0) is 21.5. The summed E-state index contributed by atoms with van der Waals surface area (Å²) in [5.74, 6) is -0.666. The molecule has 152 valence electrons. The highest BCUT2D eigenvalue weighted by Crippen LogP contribution is 2.25. The molecule has 3 aromatic rings. The number of nitro groups is 1. The van der Waals surface area contributed by atoms with Gasteiger partial charge in [-0.05, 0) is 29.8 Å². The number of nitro benzene ring substituents is 1. The molecule has 0 aliphatic carbocycles. The number of benzene rings is 2. The van der Waals surface area contributed by atoms with E-state index in [-0.39, 0.29) is 18.8 Å². The van der Waals surface area contributed by atoms with Crippen LogP contribution < -0.4 is 0 Å². The summed E-state index contributed by atoms with van der Waals surface area (Å²) in [5, 5.41) is 19.6. The fraction of sp³-hybridized carbons (Fsp3) is 0.0909. The van der Waals surface area contributed by atoms with Gasteiger partial charge in [-0.1, -0.05) is 30.3 Å². The molecule has 1 heterocycles. The van der Waals surface area contributed by atoms with Crippen LogP contribution in [0, 0.1) is 10.1 Å². The van der Waals surface area contributed by atoms with Crippen LogP contribution in [-0.4, -0.2) is 26.8 Å². The van der Waals surface area contributed by atoms with E-state index in [1.165, 1.54) is 17.0 Å². The maximum atomic E-state index is 12.5. The monoisotopic (exact) mass is 406 g/mol. The fourth-order valence-corrected chi connectivity index (χ4v) is 2.82. The van der Waals surface area contributed by atoms with E-state index in [0.29, 0.717) is 17.1 Å². The second-order valence-corrected chi connectivity index (χ2v) is 6.42. The maximum Gasteiger partial charge on any atom is 0.328 e. The Kier molecular flexibility index (Phi) is 6.39. The van der Waals surface area contributed by atoms with Crippen molar-refractivity contribution in [2.24, 2.45) is 0 Å². The minimum atomic E-state index is -1.21. The number of carboxylic acid groups (broad SMARTS) is 1. The summed E-state index contributed by atoms with van der Waals surface area (Å²) in [5.41, 5.74) is 1.53. The molecule has 0 bridgehead atoms. The van der Waals surface area contributed by atoms with Crippen molar-refractivity contribution in [1.82, 2.24) is 4.90 Å². The standard InChI is InChI=1S/C22H18N2O6/c25-21(12-13-22(26)27)23(14-16-4-2-1-3-5-16)15-19-10-11-20(30-19)17-6-8-18(9-7-17)24(28)29/h1-13H,14-15H2,(H,26,27)/b13-12-. The van der Waals surface area contributed by atoms with E-state index in [1.54, 1.807) is 24.3 Å². The first-order chi connectivity index (χ1) is 14.4. The van der Waals surface area contributed by atoms with Gasteiger partial charge in [0, 0.05) is 36.4 Å². The second-order valence-electron chi connectivity index (χ2n) is 6.42. The molecule has 8 nitrogen and oxygen atoms in total. The number of amides is 1. The largest absolute Gasteiger partial charge is 0.478 e. The molecule has 1 N–H and O–H groups in total. The van der Waals surface area contributed by atoms with Crippen LogP contribution in [0.1, 0.15) is 11.3 Å². The van der Waals surface area contributed by atoms with Gasteiger partial charge in [-0.2, -0.15) is 0 Å². The first-order valence-corrected chi connectivity index (χ1v) is 9.00. The molecule has 0 atom stereocenters. The summed E-state index contributed by atoms with van der Waals surface area (Å²) in [7, 11) is 0. The molecule has 0 unspecified atom stereocenters. The predicted molar refractivity (Wildman–Crippen MR) is 108 cm³/mol. The van der Waals surface area contributed by atoms with Crippen LogP contribution in [0.25, 0.3) is 11.3 Å². The van der Waals surface area contributed by atoms with Gasteiger partial charge in [-0.3, -0.25) is 14.9 Å². The highest BCUT2D eigenvalue weighted by Gasteiger charge is 2.16. The van der Waals surface area contributed by atoms with Gasteiger partial charge in [-0.25, -0.2) is 4.79 Å². The highest BCUT2D eigenvalue weighted by atomic mass is 16.6. The zero-order valence-corrected chi connectivity index (χ0v) is 15.8. The summed E-state index contributed by atoms with van der Waals surface area (Å²) in [6.07, 6.45) is 1.80. The maximum absolute atomic E-state index is 12.5. The molecule has 2 aromatic carbocycles. The van der Waals surface area contributed by atoms with Crippen LogP contribution >= 0.6 is 0 Å². The summed E-state index contributed by atoms with van der Waals surface area (Å²) in [6, 6.07) is 18.7. The smallest absolute Gasteiger partial charge is 0.328 e. The van der Waals surface area contributed by atoms with Crippen LogP contribution in [0.2, 0.25) is 0 Å². The Hall–Kier alpha value is -4.20. The van der Waals surface area contributed by atoms with E-state index < -0.39 is 16.8 Å². The van der Waals surface area contributed by atoms with Crippen molar-refractivity contribution in [3.8, 4) is 11.3 Å². The van der Waals surface area contributed by atoms with E-state index in [4.69, 9.17) is 9.52 Å². The second kappa shape index (κ2) is 9.33. The quantitative estimate of drug-likeness (QED) is 0.343. The lowest BCUT2D eigenvalue weighted by Crippen LogP contribution is -2.28. The van der Waals surface area contributed by atoms with E-state index in [2.05, 4.69) is 0 Å². The minimum absolute atomic E-state index is 0.0182. The number of hydrogen-bond acceptors (Lipinski definition) is 5. The van der Waals surface area contributed by atoms with Crippen molar-refractivity contribution in [3.63, 3.8) is 0 Å². The SMILES string of the molecule is O=C(O)/C=C\C(=O)N(Cc1ccccc1)Cc1ccc(-c2ccc([N+](=O)[O-])cc2)o1. The number of carbonyl (C=O) groups is 2. The highest BCUT2D eigenvalue weighted by molar-refractivity contribution is 5.93. The molecule has 0 saturated heterocycles. The van der Waals surface area contributed by atoms with Crippen LogP contribution in [0.15, 0.2) is 83.3 Å². The Morgan fingerprint density at radius 2 is 1.67 bits per heavy atom. The van der Waals surface area contributed by atoms with Crippen LogP contribution in [0.4, 0.5) is 5.69 Å². The molecule has 1 aromatic heterocycles. The van der Waals surface area contributed by atoms with Crippen LogP contribution in [0.5, 0.6) is 0 Å². The Labute approximate surface area is 171 Å². The summed E-state index contributed by atoms with van der Waals surface area (Å²) < 4.78 is 5.81. The van der Waals surface area contributed by atoms with E-state index >= 15 is 0 Å². The van der Waals surface area contributed by atoms with E-state index in [0.717, 1.165) is 17.7 Å². The normalized spacial score (nSPS) is 10.8. The van der Waals surface area contributed by atoms with Crippen molar-refractivity contribution in [1.29, 1.82) is 0 Å². The summed E-state index contributed by atoms with van der Waals surface area (Å²) in [4.78, 5) is 35.0. The molecule has 8 heteroatoms. The van der Waals surface area contributed by atoms with E-state index in [9.17, 15) is 19.7 Å². The molecule has 0 saturated carbocycles. The first kappa shape index (κ1) is 20.5. The van der Waals surface area contributed by atoms with Gasteiger partial charge < -0.3 is 14.4 Å². The number of rotatable bonds is 8. The number of furan rings is 1. The van der Waals surface area contributed by atoms with Gasteiger partial charge in [0.15, 0.2) is 0 Å². The zero-order valence-electron chi connectivity index (χ0n) is 15.8. The lowest BCUT2D eigenvalue weighted by molar-refractivity contribution is -0.384. The van der Waals surface area contributed by atoms with Crippen LogP contribution in [0.3, 0.4) is 0 Å². The van der Waals surface area contributed by atoms with Gasteiger partial charge in [0.2, 0.25) is 5.91 Å². The summed E-state index contributed by atoms with van der Waals surface area (Å²) in [6.45, 7) is 0.405. The number of nitrogens with zero attached hydrogens (tertiary/aromatic N) is 2. The third kappa shape index (κ3) is 5.41. The van der Waals surface area contributed by atoms with Gasteiger partial charge in [0.1, 0.15) is 11.5 Å². The third-order valence-corrected chi connectivity index (χ3v) is 4.27. The Balaban J connectivity index is 1.79. The molecule has 1 amide bonds. The van der Waals surface area contributed by atoms with Crippen molar-refractivity contribution < 1.29 is 24.0 Å². The molecule has 0 spiro atoms. The Morgan fingerprint density at radius 3 is 2.30 bits per heavy atom. The van der Waals surface area contributed by atoms with Crippen molar-refractivity contribution in [2.45, 2.75) is 13.1 Å². The molecular formula is C22H18N2O6. The molecule has 30 heavy (non-hydrogen) atoms. The number of hydrogen-bond donors (Lipinski definition) is 1. The Bertz CT molecular complexity index is 1070. The number of carbonyl (C=O) groups excluding carboxylic acids is 1. The van der Waals surface area contributed by atoms with Gasteiger partial charge in [-0.15, -0.1) is 0 Å². The summed E-state index contributed by atoms with van der Waals surface area (Å²) >= 11 is 0. The van der Waals surface area contributed by atoms with Gasteiger partial charge in [0.25, 0.3) is 5.69 Å². The molecule has 3 rings (SSSR count). The molecular weight excluding hydrogens is 388 g/mol.